The highest BCUT2D eigenvalue weighted by Gasteiger charge is 2.45. The van der Waals surface area contributed by atoms with Gasteiger partial charge in [-0.3, -0.25) is 4.79 Å². The highest BCUT2D eigenvalue weighted by molar-refractivity contribution is 5.98. The highest BCUT2D eigenvalue weighted by atomic mass is 19.1. The first-order valence-corrected chi connectivity index (χ1v) is 10.0. The lowest BCUT2D eigenvalue weighted by atomic mass is 9.82. The molecule has 2 aliphatic heterocycles. The molecule has 8 nitrogen and oxygen atoms in total. The third-order valence-electron chi connectivity index (χ3n) is 5.90. The molecule has 2 fully saturated rings. The number of hydrogen-bond acceptors (Lipinski definition) is 6. The van der Waals surface area contributed by atoms with Gasteiger partial charge in [-0.15, -0.1) is 4.80 Å². The maximum Gasteiger partial charge on any atom is 0.256 e. The Balaban J connectivity index is 1.40. The van der Waals surface area contributed by atoms with Gasteiger partial charge in [0, 0.05) is 36.9 Å². The van der Waals surface area contributed by atoms with E-state index in [1.807, 2.05) is 19.9 Å². The first kappa shape index (κ1) is 18.7. The summed E-state index contributed by atoms with van der Waals surface area (Å²) in [6.45, 7) is 6.02. The number of carbonyl (C=O) groups is 1. The molecule has 4 heterocycles. The van der Waals surface area contributed by atoms with Gasteiger partial charge in [-0.05, 0) is 38.5 Å². The van der Waals surface area contributed by atoms with Gasteiger partial charge in [0.2, 0.25) is 5.95 Å². The molecule has 0 spiro atoms. The van der Waals surface area contributed by atoms with Gasteiger partial charge in [-0.1, -0.05) is 6.07 Å². The topological polar surface area (TPSA) is 80.0 Å². The summed E-state index contributed by atoms with van der Waals surface area (Å²) in [6.07, 6.45) is 3.83. The molecule has 9 heteroatoms. The number of para-hydroxylation sites is 1. The average molecular weight is 407 g/mol. The Morgan fingerprint density at radius 1 is 1.10 bits per heavy atom. The maximum absolute atomic E-state index is 14.6. The van der Waals surface area contributed by atoms with Crippen molar-refractivity contribution < 1.29 is 9.18 Å². The van der Waals surface area contributed by atoms with Gasteiger partial charge in [-0.2, -0.15) is 10.2 Å². The molecule has 2 saturated heterocycles. The number of rotatable bonds is 3. The molecule has 154 valence electrons. The highest BCUT2D eigenvalue weighted by Crippen LogP contribution is 2.35. The normalized spacial score (nSPS) is 20.6. The Labute approximate surface area is 173 Å². The standard InChI is InChI=1S/C21H22FN7O/c1-13-10-14(2)26-21(25-13)28-11-15-6-9-27(12-18(15)28)20(30)16-4-3-5-17(22)19(16)29-23-7-8-24-29/h3-5,7-8,10,15,18H,6,9,11-12H2,1-2H3. The zero-order valence-corrected chi connectivity index (χ0v) is 16.9. The van der Waals surface area contributed by atoms with Crippen LogP contribution in [0.4, 0.5) is 10.3 Å². The van der Waals surface area contributed by atoms with Crippen LogP contribution in [-0.4, -0.2) is 61.4 Å². The van der Waals surface area contributed by atoms with Crippen LogP contribution >= 0.6 is 0 Å². The molecule has 2 aromatic heterocycles. The average Bonchev–Trinajstić information content (AvgIpc) is 3.22. The van der Waals surface area contributed by atoms with Crippen molar-refractivity contribution >= 4 is 11.9 Å². The molecule has 2 aliphatic rings. The second-order valence-electron chi connectivity index (χ2n) is 7.92. The second kappa shape index (κ2) is 7.16. The fourth-order valence-corrected chi connectivity index (χ4v) is 4.44. The van der Waals surface area contributed by atoms with E-state index in [0.29, 0.717) is 19.0 Å². The molecular formula is C21H22FN7O. The third kappa shape index (κ3) is 3.10. The van der Waals surface area contributed by atoms with Crippen molar-refractivity contribution in [2.45, 2.75) is 26.3 Å². The summed E-state index contributed by atoms with van der Waals surface area (Å²) in [4.78, 5) is 27.6. The Bertz CT molecular complexity index is 1080. The number of aryl methyl sites for hydroxylation is 2. The van der Waals surface area contributed by atoms with Crippen LogP contribution in [0.15, 0.2) is 36.7 Å². The molecule has 1 amide bonds. The van der Waals surface area contributed by atoms with E-state index < -0.39 is 5.82 Å². The minimum atomic E-state index is -0.527. The lowest BCUT2D eigenvalue weighted by Crippen LogP contribution is -2.65. The number of piperidine rings is 1. The van der Waals surface area contributed by atoms with Crippen LogP contribution in [0.2, 0.25) is 0 Å². The third-order valence-corrected chi connectivity index (χ3v) is 5.90. The van der Waals surface area contributed by atoms with Crippen LogP contribution in [0, 0.1) is 25.6 Å². The van der Waals surface area contributed by atoms with Crippen LogP contribution < -0.4 is 4.90 Å². The molecule has 2 atom stereocenters. The number of fused-ring (bicyclic) bond motifs is 1. The summed E-state index contributed by atoms with van der Waals surface area (Å²) in [5.41, 5.74) is 2.21. The summed E-state index contributed by atoms with van der Waals surface area (Å²) in [5.74, 6) is 0.489. The maximum atomic E-state index is 14.6. The predicted octanol–water partition coefficient (Wildman–Crippen LogP) is 2.16. The van der Waals surface area contributed by atoms with Gasteiger partial charge in [0.15, 0.2) is 5.82 Å². The van der Waals surface area contributed by atoms with Crippen LogP contribution in [0.5, 0.6) is 0 Å². The minimum absolute atomic E-state index is 0.0812. The number of aromatic nitrogens is 5. The molecular weight excluding hydrogens is 385 g/mol. The molecule has 0 radical (unpaired) electrons. The molecule has 1 aromatic carbocycles. The van der Waals surface area contributed by atoms with Crippen LogP contribution in [0.3, 0.4) is 0 Å². The van der Waals surface area contributed by atoms with Crippen molar-refractivity contribution in [1.29, 1.82) is 0 Å². The van der Waals surface area contributed by atoms with E-state index in [0.717, 1.165) is 35.1 Å². The number of anilines is 1. The zero-order chi connectivity index (χ0) is 20.8. The Hall–Kier alpha value is -3.36. The van der Waals surface area contributed by atoms with E-state index in [-0.39, 0.29) is 23.2 Å². The summed E-state index contributed by atoms with van der Waals surface area (Å²) >= 11 is 0. The van der Waals surface area contributed by atoms with Crippen molar-refractivity contribution in [3.63, 3.8) is 0 Å². The van der Waals surface area contributed by atoms with Gasteiger partial charge in [-0.25, -0.2) is 14.4 Å². The van der Waals surface area contributed by atoms with E-state index in [2.05, 4.69) is 25.1 Å². The molecule has 0 saturated carbocycles. The first-order valence-electron chi connectivity index (χ1n) is 10.0. The monoisotopic (exact) mass is 407 g/mol. The first-order chi connectivity index (χ1) is 14.5. The van der Waals surface area contributed by atoms with Gasteiger partial charge in [0.1, 0.15) is 5.69 Å². The van der Waals surface area contributed by atoms with E-state index >= 15 is 0 Å². The summed E-state index contributed by atoms with van der Waals surface area (Å²) in [5, 5.41) is 8.02. The van der Waals surface area contributed by atoms with Crippen molar-refractivity contribution in [3.05, 3.63) is 59.4 Å². The summed E-state index contributed by atoms with van der Waals surface area (Å²) in [6, 6.07) is 6.60. The largest absolute Gasteiger partial charge is 0.336 e. The van der Waals surface area contributed by atoms with E-state index in [4.69, 9.17) is 0 Å². The molecule has 5 rings (SSSR count). The second-order valence-corrected chi connectivity index (χ2v) is 7.92. The summed E-state index contributed by atoms with van der Waals surface area (Å²) in [7, 11) is 0. The van der Waals surface area contributed by atoms with E-state index in [1.54, 1.807) is 17.0 Å². The van der Waals surface area contributed by atoms with Crippen LogP contribution in [0.25, 0.3) is 5.69 Å². The molecule has 3 aromatic rings. The van der Waals surface area contributed by atoms with Crippen LogP contribution in [-0.2, 0) is 0 Å². The van der Waals surface area contributed by atoms with Gasteiger partial charge in [0.25, 0.3) is 5.91 Å². The number of likely N-dealkylation sites (tertiary alicyclic amines) is 1. The van der Waals surface area contributed by atoms with Crippen molar-refractivity contribution in [2.24, 2.45) is 5.92 Å². The lowest BCUT2D eigenvalue weighted by molar-refractivity contribution is 0.0588. The SMILES string of the molecule is Cc1cc(C)nc(N2CC3CCN(C(=O)c4cccc(F)c4-n4nccn4)CC32)n1. The van der Waals surface area contributed by atoms with Crippen LogP contribution in [0.1, 0.15) is 28.2 Å². The Morgan fingerprint density at radius 2 is 1.83 bits per heavy atom. The minimum Gasteiger partial charge on any atom is -0.336 e. The molecule has 2 unspecified atom stereocenters. The van der Waals surface area contributed by atoms with Crippen molar-refractivity contribution in [3.8, 4) is 5.69 Å². The molecule has 0 bridgehead atoms. The number of halogens is 1. The number of amides is 1. The van der Waals surface area contributed by atoms with Gasteiger partial charge < -0.3 is 9.80 Å². The van der Waals surface area contributed by atoms with Gasteiger partial charge >= 0.3 is 0 Å². The van der Waals surface area contributed by atoms with E-state index in [1.165, 1.54) is 18.5 Å². The quantitative estimate of drug-likeness (QED) is 0.662. The number of benzene rings is 1. The molecule has 0 aliphatic carbocycles. The van der Waals surface area contributed by atoms with Gasteiger partial charge in [0.05, 0.1) is 24.0 Å². The fraction of sp³-hybridized carbons (Fsp3) is 0.381. The van der Waals surface area contributed by atoms with Crippen molar-refractivity contribution in [2.75, 3.05) is 24.5 Å². The smallest absolute Gasteiger partial charge is 0.256 e. The number of hydrogen-bond donors (Lipinski definition) is 0. The molecule has 30 heavy (non-hydrogen) atoms. The van der Waals surface area contributed by atoms with Crippen molar-refractivity contribution in [1.82, 2.24) is 29.9 Å². The predicted molar refractivity (Wildman–Crippen MR) is 108 cm³/mol. The lowest BCUT2D eigenvalue weighted by Gasteiger charge is -2.53. The Kier molecular flexibility index (Phi) is 4.45. The van der Waals surface area contributed by atoms with E-state index in [9.17, 15) is 9.18 Å². The Morgan fingerprint density at radius 3 is 2.57 bits per heavy atom. The zero-order valence-electron chi connectivity index (χ0n) is 16.9. The fourth-order valence-electron chi connectivity index (χ4n) is 4.44. The number of carbonyl (C=O) groups excluding carboxylic acids is 1. The number of nitrogens with zero attached hydrogens (tertiary/aromatic N) is 7. The molecule has 0 N–H and O–H groups in total. The summed E-state index contributed by atoms with van der Waals surface area (Å²) < 4.78 is 14.6.